The number of hydrogen-bond donors (Lipinski definition) is 0. The molecule has 0 bridgehead atoms. The highest BCUT2D eigenvalue weighted by Crippen LogP contribution is 2.40. The minimum Gasteiger partial charge on any atom is -0.497 e. The van der Waals surface area contributed by atoms with Gasteiger partial charge in [-0.15, -0.1) is 0 Å². The van der Waals surface area contributed by atoms with Crippen LogP contribution in [0.5, 0.6) is 5.75 Å². The van der Waals surface area contributed by atoms with Crippen molar-refractivity contribution in [3.63, 3.8) is 0 Å². The highest BCUT2D eigenvalue weighted by molar-refractivity contribution is 7.15. The number of hydrogen-bond acceptors (Lipinski definition) is 4. The molecule has 2 aromatic carbocycles. The summed E-state index contributed by atoms with van der Waals surface area (Å²) in [7, 11) is 1.70. The molecule has 0 fully saturated rings. The van der Waals surface area contributed by atoms with E-state index in [1.54, 1.807) is 18.4 Å². The van der Waals surface area contributed by atoms with Crippen molar-refractivity contribution in [2.24, 2.45) is 4.99 Å². The summed E-state index contributed by atoms with van der Waals surface area (Å²) in [4.78, 5) is 10.6. The first-order valence-corrected chi connectivity index (χ1v) is 8.41. The van der Waals surface area contributed by atoms with Gasteiger partial charge in [0.1, 0.15) is 5.75 Å². The van der Waals surface area contributed by atoms with Gasteiger partial charge in [-0.05, 0) is 36.1 Å². The fraction of sp³-hybridized carbons (Fsp3) is 0.158. The van der Waals surface area contributed by atoms with E-state index in [0.717, 1.165) is 35.0 Å². The van der Waals surface area contributed by atoms with Crippen LogP contribution < -0.4 is 4.74 Å². The van der Waals surface area contributed by atoms with Gasteiger partial charge in [0, 0.05) is 16.7 Å². The quantitative estimate of drug-likeness (QED) is 0.657. The predicted molar refractivity (Wildman–Crippen MR) is 95.2 cm³/mol. The zero-order valence-corrected chi connectivity index (χ0v) is 13.6. The number of aromatic nitrogens is 1. The molecule has 0 unspecified atom stereocenters. The molecular formula is C19H16N2OS. The number of fused-ring (bicyclic) bond motifs is 3. The predicted octanol–water partition coefficient (Wildman–Crippen LogP) is 4.67. The van der Waals surface area contributed by atoms with Crippen LogP contribution >= 0.6 is 11.3 Å². The van der Waals surface area contributed by atoms with Crippen molar-refractivity contribution in [3.05, 3.63) is 64.5 Å². The zero-order valence-electron chi connectivity index (χ0n) is 12.8. The monoisotopic (exact) mass is 320 g/mol. The Balaban J connectivity index is 1.70. The van der Waals surface area contributed by atoms with Crippen LogP contribution in [-0.2, 0) is 12.8 Å². The lowest BCUT2D eigenvalue weighted by Gasteiger charge is -2.15. The second kappa shape index (κ2) is 5.97. The van der Waals surface area contributed by atoms with Crippen LogP contribution in [0.1, 0.15) is 16.0 Å². The Bertz CT molecular complexity index is 868. The standard InChI is InChI=1S/C19H16N2OS/c1-22-15-9-7-14-8-10-17-18(16(14)11-15)21-19(23-17)20-12-13-5-3-2-4-6-13/h2-7,9,11-12H,8,10H2,1H3. The summed E-state index contributed by atoms with van der Waals surface area (Å²) in [6.07, 6.45) is 3.96. The van der Waals surface area contributed by atoms with Crippen LogP contribution in [0.4, 0.5) is 5.13 Å². The fourth-order valence-corrected chi connectivity index (χ4v) is 3.73. The van der Waals surface area contributed by atoms with Crippen molar-refractivity contribution < 1.29 is 4.74 Å². The molecule has 1 aliphatic rings. The topological polar surface area (TPSA) is 34.5 Å². The third-order valence-corrected chi connectivity index (χ3v) is 5.03. The van der Waals surface area contributed by atoms with Crippen LogP contribution in [0, 0.1) is 0 Å². The van der Waals surface area contributed by atoms with Crippen LogP contribution in [0.15, 0.2) is 53.5 Å². The van der Waals surface area contributed by atoms with Gasteiger partial charge in [-0.2, -0.15) is 0 Å². The first kappa shape index (κ1) is 14.2. The molecule has 0 radical (unpaired) electrons. The third kappa shape index (κ3) is 2.78. The Morgan fingerprint density at radius 3 is 2.83 bits per heavy atom. The Morgan fingerprint density at radius 1 is 1.13 bits per heavy atom. The summed E-state index contributed by atoms with van der Waals surface area (Å²) in [5, 5.41) is 0.814. The number of rotatable bonds is 3. The van der Waals surface area contributed by atoms with E-state index in [2.05, 4.69) is 17.1 Å². The van der Waals surface area contributed by atoms with Gasteiger partial charge in [-0.1, -0.05) is 47.7 Å². The zero-order chi connectivity index (χ0) is 15.6. The molecule has 0 spiro atoms. The smallest absolute Gasteiger partial charge is 0.209 e. The molecule has 4 rings (SSSR count). The van der Waals surface area contributed by atoms with Crippen LogP contribution in [-0.4, -0.2) is 18.3 Å². The molecule has 0 N–H and O–H groups in total. The van der Waals surface area contributed by atoms with Gasteiger partial charge in [0.2, 0.25) is 5.13 Å². The SMILES string of the molecule is COc1ccc2c(c1)-c1nc(N=Cc3ccccc3)sc1CC2. The molecule has 3 nitrogen and oxygen atoms in total. The average Bonchev–Trinajstić information content (AvgIpc) is 3.04. The Labute approximate surface area is 139 Å². The molecule has 0 amide bonds. The van der Waals surface area contributed by atoms with Crippen molar-refractivity contribution in [2.45, 2.75) is 12.8 Å². The molecule has 4 heteroatoms. The second-order valence-electron chi connectivity index (χ2n) is 5.46. The van der Waals surface area contributed by atoms with Gasteiger partial charge in [-0.25, -0.2) is 9.98 Å². The number of aliphatic imine (C=N–C) groups is 1. The van der Waals surface area contributed by atoms with Gasteiger partial charge in [0.05, 0.1) is 12.8 Å². The molecule has 0 aliphatic heterocycles. The molecule has 1 aliphatic carbocycles. The third-order valence-electron chi connectivity index (χ3n) is 4.00. The van der Waals surface area contributed by atoms with E-state index in [0.29, 0.717) is 0 Å². The maximum atomic E-state index is 5.35. The molecule has 0 saturated carbocycles. The molecule has 1 aromatic heterocycles. The molecule has 3 aromatic rings. The van der Waals surface area contributed by atoms with E-state index >= 15 is 0 Å². The fourth-order valence-electron chi connectivity index (χ4n) is 2.81. The molecule has 23 heavy (non-hydrogen) atoms. The first-order valence-electron chi connectivity index (χ1n) is 7.59. The van der Waals surface area contributed by atoms with Crippen molar-refractivity contribution in [3.8, 4) is 17.0 Å². The van der Waals surface area contributed by atoms with Gasteiger partial charge < -0.3 is 4.74 Å². The van der Waals surface area contributed by atoms with Gasteiger partial charge in [0.25, 0.3) is 0 Å². The normalized spacial score (nSPS) is 12.9. The van der Waals surface area contributed by atoms with Crippen molar-refractivity contribution in [1.29, 1.82) is 0 Å². The molecular weight excluding hydrogens is 304 g/mol. The molecule has 0 saturated heterocycles. The Morgan fingerprint density at radius 2 is 2.00 bits per heavy atom. The summed E-state index contributed by atoms with van der Waals surface area (Å²) in [5.74, 6) is 0.874. The van der Waals surface area contributed by atoms with Gasteiger partial charge >= 0.3 is 0 Å². The summed E-state index contributed by atoms with van der Waals surface area (Å²) in [5.41, 5.74) is 4.67. The van der Waals surface area contributed by atoms with E-state index in [-0.39, 0.29) is 0 Å². The maximum Gasteiger partial charge on any atom is 0.209 e. The Kier molecular flexibility index (Phi) is 3.67. The number of nitrogens with zero attached hydrogens (tertiary/aromatic N) is 2. The minimum absolute atomic E-state index is 0.814. The lowest BCUT2D eigenvalue weighted by molar-refractivity contribution is 0.415. The average molecular weight is 320 g/mol. The summed E-state index contributed by atoms with van der Waals surface area (Å²) >= 11 is 1.68. The van der Waals surface area contributed by atoms with Crippen LogP contribution in [0.2, 0.25) is 0 Å². The highest BCUT2D eigenvalue weighted by Gasteiger charge is 2.21. The van der Waals surface area contributed by atoms with E-state index in [4.69, 9.17) is 9.72 Å². The van der Waals surface area contributed by atoms with Gasteiger partial charge in [-0.3, -0.25) is 0 Å². The molecule has 1 heterocycles. The number of aryl methyl sites for hydroxylation is 2. The second-order valence-corrected chi connectivity index (χ2v) is 6.52. The van der Waals surface area contributed by atoms with Gasteiger partial charge in [0.15, 0.2) is 0 Å². The number of ether oxygens (including phenoxy) is 1. The lowest BCUT2D eigenvalue weighted by atomic mass is 9.93. The minimum atomic E-state index is 0.814. The Hall–Kier alpha value is -2.46. The molecule has 0 atom stereocenters. The first-order chi connectivity index (χ1) is 11.3. The van der Waals surface area contributed by atoms with E-state index in [9.17, 15) is 0 Å². The van der Waals surface area contributed by atoms with Crippen molar-refractivity contribution in [1.82, 2.24) is 4.98 Å². The van der Waals surface area contributed by atoms with Crippen molar-refractivity contribution >= 4 is 22.7 Å². The maximum absolute atomic E-state index is 5.35. The summed E-state index contributed by atoms with van der Waals surface area (Å²) in [6.45, 7) is 0. The molecule has 114 valence electrons. The lowest BCUT2D eigenvalue weighted by Crippen LogP contribution is -2.02. The van der Waals surface area contributed by atoms with Crippen LogP contribution in [0.25, 0.3) is 11.3 Å². The number of benzene rings is 2. The highest BCUT2D eigenvalue weighted by atomic mass is 32.1. The number of methoxy groups -OCH3 is 1. The summed E-state index contributed by atoms with van der Waals surface area (Å²) in [6, 6.07) is 16.3. The van der Waals surface area contributed by atoms with Crippen molar-refractivity contribution in [2.75, 3.05) is 7.11 Å². The van der Waals surface area contributed by atoms with E-state index in [1.807, 2.05) is 42.6 Å². The van der Waals surface area contributed by atoms with Crippen LogP contribution in [0.3, 0.4) is 0 Å². The largest absolute Gasteiger partial charge is 0.497 e. The van der Waals surface area contributed by atoms with E-state index in [1.165, 1.54) is 16.0 Å². The van der Waals surface area contributed by atoms with E-state index < -0.39 is 0 Å². The number of thiazole rings is 1. The summed E-state index contributed by atoms with van der Waals surface area (Å²) < 4.78 is 5.35.